The van der Waals surface area contributed by atoms with E-state index in [0.717, 1.165) is 61.4 Å². The van der Waals surface area contributed by atoms with Crippen molar-refractivity contribution in [3.05, 3.63) is 128 Å². The molecule has 39 heavy (non-hydrogen) atoms. The number of nitrogens with zero attached hydrogens (tertiary/aromatic N) is 5. The highest BCUT2D eigenvalue weighted by molar-refractivity contribution is 6.10. The van der Waals surface area contributed by atoms with Gasteiger partial charge in [0.05, 0.1) is 28.3 Å². The van der Waals surface area contributed by atoms with Crippen molar-refractivity contribution in [1.82, 2.24) is 24.1 Å². The Morgan fingerprint density at radius 2 is 1.03 bits per heavy atom. The third-order valence-corrected chi connectivity index (χ3v) is 7.18. The summed E-state index contributed by atoms with van der Waals surface area (Å²) >= 11 is 0. The van der Waals surface area contributed by atoms with Gasteiger partial charge in [0.25, 0.3) is 0 Å². The van der Waals surface area contributed by atoms with Crippen LogP contribution < -0.4 is 4.74 Å². The molecule has 0 unspecified atom stereocenters. The molecule has 0 aliphatic rings. The van der Waals surface area contributed by atoms with E-state index in [9.17, 15) is 0 Å². The van der Waals surface area contributed by atoms with Gasteiger partial charge in [-0.1, -0.05) is 30.3 Å². The smallest absolute Gasteiger partial charge is 0.137 e. The fourth-order valence-corrected chi connectivity index (χ4v) is 5.53. The molecule has 0 N–H and O–H groups in total. The Kier molecular flexibility index (Phi) is 4.72. The Bertz CT molecular complexity index is 1990. The van der Waals surface area contributed by atoms with Crippen LogP contribution in [0.5, 0.6) is 11.5 Å². The molecular weight excluding hydrogens is 482 g/mol. The lowest BCUT2D eigenvalue weighted by molar-refractivity contribution is 0.484. The van der Waals surface area contributed by atoms with Crippen LogP contribution in [0.15, 0.2) is 128 Å². The highest BCUT2D eigenvalue weighted by Gasteiger charge is 2.16. The summed E-state index contributed by atoms with van der Waals surface area (Å²) in [6, 6.07) is 34.8. The molecule has 0 amide bonds. The Labute approximate surface area is 223 Å². The van der Waals surface area contributed by atoms with Crippen LogP contribution in [0, 0.1) is 0 Å². The summed E-state index contributed by atoms with van der Waals surface area (Å²) in [5.41, 5.74) is 4.17. The van der Waals surface area contributed by atoms with E-state index in [0.29, 0.717) is 0 Å². The number of para-hydroxylation sites is 1. The Hall–Kier alpha value is -5.49. The average molecular weight is 504 g/mol. The number of hydrogen-bond acceptors (Lipinski definition) is 4. The van der Waals surface area contributed by atoms with Gasteiger partial charge in [-0.3, -0.25) is 14.1 Å². The number of hydrogen-bond donors (Lipinski definition) is 0. The first-order valence-corrected chi connectivity index (χ1v) is 12.8. The molecule has 0 aliphatic heterocycles. The van der Waals surface area contributed by atoms with E-state index in [1.165, 1.54) is 5.39 Å². The molecule has 0 aliphatic carbocycles. The summed E-state index contributed by atoms with van der Waals surface area (Å²) in [4.78, 5) is 13.6. The monoisotopic (exact) mass is 503 g/mol. The lowest BCUT2D eigenvalue weighted by Crippen LogP contribution is -1.97. The van der Waals surface area contributed by atoms with E-state index >= 15 is 0 Å². The average Bonchev–Trinajstić information content (AvgIpc) is 3.50. The fraction of sp³-hybridized carbons (Fsp3) is 0. The summed E-state index contributed by atoms with van der Waals surface area (Å²) < 4.78 is 10.8. The molecule has 6 nitrogen and oxygen atoms in total. The predicted octanol–water partition coefficient (Wildman–Crippen LogP) is 7.86. The van der Waals surface area contributed by atoms with Crippen molar-refractivity contribution in [3.63, 3.8) is 0 Å². The standard InChI is InChI=1S/C33H21N5O/c1-2-8-28-24(7-1)25-13-11-22(19-29(25)37(28)32-9-3-5-16-35-32)39-23-12-14-26-27-15-18-34-21-31(27)38(30(26)20-23)33-10-4-6-17-36-33/h1-21H. The van der Waals surface area contributed by atoms with Crippen molar-refractivity contribution < 1.29 is 4.74 Å². The van der Waals surface area contributed by atoms with Gasteiger partial charge in [0.15, 0.2) is 0 Å². The van der Waals surface area contributed by atoms with Crippen LogP contribution in [0.4, 0.5) is 0 Å². The molecule has 0 saturated carbocycles. The summed E-state index contributed by atoms with van der Waals surface area (Å²) in [5, 5.41) is 4.58. The van der Waals surface area contributed by atoms with Crippen molar-refractivity contribution in [2.24, 2.45) is 0 Å². The van der Waals surface area contributed by atoms with Gasteiger partial charge in [-0.25, -0.2) is 9.97 Å². The summed E-state index contributed by atoms with van der Waals surface area (Å²) in [6.45, 7) is 0. The van der Waals surface area contributed by atoms with Crippen LogP contribution in [-0.4, -0.2) is 24.1 Å². The number of aromatic nitrogens is 5. The molecule has 8 rings (SSSR count). The first kappa shape index (κ1) is 21.6. The van der Waals surface area contributed by atoms with Gasteiger partial charge in [0.2, 0.25) is 0 Å². The Morgan fingerprint density at radius 3 is 1.67 bits per heavy atom. The summed E-state index contributed by atoms with van der Waals surface area (Å²) in [7, 11) is 0. The molecule has 0 bridgehead atoms. The van der Waals surface area contributed by atoms with E-state index in [4.69, 9.17) is 4.74 Å². The molecule has 0 fully saturated rings. The van der Waals surface area contributed by atoms with Crippen LogP contribution in [0.2, 0.25) is 0 Å². The maximum absolute atomic E-state index is 6.49. The minimum Gasteiger partial charge on any atom is -0.457 e. The Morgan fingerprint density at radius 1 is 0.462 bits per heavy atom. The van der Waals surface area contributed by atoms with Crippen molar-refractivity contribution >= 4 is 43.6 Å². The van der Waals surface area contributed by atoms with E-state index in [-0.39, 0.29) is 0 Å². The number of benzene rings is 3. The number of ether oxygens (including phenoxy) is 1. The fourth-order valence-electron chi connectivity index (χ4n) is 5.53. The SMILES string of the molecule is c1ccc(-n2c3ccccc3c3ccc(Oc4ccc5c6ccncc6n(-c6ccccn6)c5c4)cc32)nc1. The third kappa shape index (κ3) is 3.39. The minimum absolute atomic E-state index is 0.746. The molecule has 8 aromatic rings. The molecule has 5 aromatic heterocycles. The highest BCUT2D eigenvalue weighted by atomic mass is 16.5. The molecular formula is C33H21N5O. The molecule has 6 heteroatoms. The quantitative estimate of drug-likeness (QED) is 0.245. The van der Waals surface area contributed by atoms with Gasteiger partial charge in [-0.05, 0) is 60.7 Å². The number of fused-ring (bicyclic) bond motifs is 6. The topological polar surface area (TPSA) is 57.8 Å². The van der Waals surface area contributed by atoms with Gasteiger partial charge < -0.3 is 4.74 Å². The molecule has 184 valence electrons. The first-order valence-electron chi connectivity index (χ1n) is 12.8. The maximum Gasteiger partial charge on any atom is 0.137 e. The normalized spacial score (nSPS) is 11.6. The van der Waals surface area contributed by atoms with Gasteiger partial charge in [0.1, 0.15) is 23.1 Å². The number of pyridine rings is 3. The van der Waals surface area contributed by atoms with E-state index in [1.54, 1.807) is 6.20 Å². The zero-order valence-corrected chi connectivity index (χ0v) is 20.8. The first-order chi connectivity index (χ1) is 19.3. The number of rotatable bonds is 4. The molecule has 0 radical (unpaired) electrons. The van der Waals surface area contributed by atoms with Crippen molar-refractivity contribution in [3.8, 4) is 23.1 Å². The summed E-state index contributed by atoms with van der Waals surface area (Å²) in [5.74, 6) is 3.21. The van der Waals surface area contributed by atoms with Gasteiger partial charge in [-0.15, -0.1) is 0 Å². The van der Waals surface area contributed by atoms with E-state index in [2.05, 4.69) is 72.6 Å². The zero-order chi connectivity index (χ0) is 25.8. The van der Waals surface area contributed by atoms with Crippen LogP contribution in [0.3, 0.4) is 0 Å². The lowest BCUT2D eigenvalue weighted by atomic mass is 10.1. The largest absolute Gasteiger partial charge is 0.457 e. The molecule has 0 saturated heterocycles. The second-order valence-corrected chi connectivity index (χ2v) is 9.42. The predicted molar refractivity (Wildman–Crippen MR) is 155 cm³/mol. The summed E-state index contributed by atoms with van der Waals surface area (Å²) in [6.07, 6.45) is 7.33. The molecule has 0 atom stereocenters. The van der Waals surface area contributed by atoms with Gasteiger partial charge >= 0.3 is 0 Å². The zero-order valence-electron chi connectivity index (χ0n) is 20.8. The minimum atomic E-state index is 0.746. The van der Waals surface area contributed by atoms with Gasteiger partial charge in [-0.2, -0.15) is 0 Å². The van der Waals surface area contributed by atoms with Crippen LogP contribution >= 0.6 is 0 Å². The van der Waals surface area contributed by atoms with Gasteiger partial charge in [0, 0.05) is 52.3 Å². The van der Waals surface area contributed by atoms with E-state index < -0.39 is 0 Å². The van der Waals surface area contributed by atoms with Crippen LogP contribution in [-0.2, 0) is 0 Å². The third-order valence-electron chi connectivity index (χ3n) is 7.18. The highest BCUT2D eigenvalue weighted by Crippen LogP contribution is 2.37. The molecule has 0 spiro atoms. The lowest BCUT2D eigenvalue weighted by Gasteiger charge is -2.10. The molecule has 3 aromatic carbocycles. The van der Waals surface area contributed by atoms with Crippen molar-refractivity contribution in [2.45, 2.75) is 0 Å². The second-order valence-electron chi connectivity index (χ2n) is 9.42. The second kappa shape index (κ2) is 8.53. The molecule has 5 heterocycles. The Balaban J connectivity index is 1.29. The van der Waals surface area contributed by atoms with E-state index in [1.807, 2.05) is 73.2 Å². The van der Waals surface area contributed by atoms with Crippen LogP contribution in [0.25, 0.3) is 55.2 Å². The van der Waals surface area contributed by atoms with Crippen molar-refractivity contribution in [1.29, 1.82) is 0 Å². The maximum atomic E-state index is 6.49. The van der Waals surface area contributed by atoms with Crippen molar-refractivity contribution in [2.75, 3.05) is 0 Å². The van der Waals surface area contributed by atoms with Crippen LogP contribution in [0.1, 0.15) is 0 Å².